The van der Waals surface area contributed by atoms with Crippen molar-refractivity contribution < 1.29 is 19.7 Å². The maximum Gasteiger partial charge on any atom is 0.182 e. The quantitative estimate of drug-likeness (QED) is 0.213. The van der Waals surface area contributed by atoms with Crippen molar-refractivity contribution in [1.82, 2.24) is 19.9 Å². The lowest BCUT2D eigenvalue weighted by atomic mass is 9.99. The highest BCUT2D eigenvalue weighted by Crippen LogP contribution is 2.23. The number of aliphatic hydroxyl groups is 2. The maximum atomic E-state index is 10.2. The van der Waals surface area contributed by atoms with Gasteiger partial charge in [0.05, 0.1) is 12.7 Å². The van der Waals surface area contributed by atoms with Crippen molar-refractivity contribution in [3.05, 3.63) is 54.9 Å². The Balaban J connectivity index is 1.35. The number of hydrogen-bond donors (Lipinski definition) is 4. The highest BCUT2D eigenvalue weighted by Gasteiger charge is 2.36. The smallest absolute Gasteiger partial charge is 0.182 e. The van der Waals surface area contributed by atoms with Crippen molar-refractivity contribution in [2.24, 2.45) is 11.6 Å². The summed E-state index contributed by atoms with van der Waals surface area (Å²) in [6.45, 7) is 3.64. The number of ether oxygens (including phenoxy) is 2. The highest BCUT2D eigenvalue weighted by molar-refractivity contribution is 5.62. The Morgan fingerprint density at radius 3 is 2.59 bits per heavy atom. The SMILES string of the molecule is C[C@@H]1C[C@H](N(C)CC/C(N)=C/N(N)CCCOc2ccc(-c3cncnc3)cc2)[C@@H](O)[C@H](O)O1. The molecule has 10 heteroatoms. The molecular formula is C24H36N6O4. The topological polar surface area (TPSA) is 143 Å². The molecule has 6 N–H and O–H groups in total. The van der Waals surface area contributed by atoms with Gasteiger partial charge in [0.15, 0.2) is 6.29 Å². The van der Waals surface area contributed by atoms with E-state index in [2.05, 4.69) is 9.97 Å². The van der Waals surface area contributed by atoms with Crippen LogP contribution in [0.25, 0.3) is 11.1 Å². The molecule has 0 bridgehead atoms. The summed E-state index contributed by atoms with van der Waals surface area (Å²) in [5.41, 5.74) is 8.77. The second-order valence-corrected chi connectivity index (χ2v) is 8.66. The monoisotopic (exact) mass is 472 g/mol. The molecule has 0 spiro atoms. The Kier molecular flexibility index (Phi) is 9.61. The average molecular weight is 473 g/mol. The van der Waals surface area contributed by atoms with Gasteiger partial charge in [0, 0.05) is 61.8 Å². The lowest BCUT2D eigenvalue weighted by molar-refractivity contribution is -0.231. The van der Waals surface area contributed by atoms with Crippen LogP contribution in [0, 0.1) is 0 Å². The van der Waals surface area contributed by atoms with E-state index in [-0.39, 0.29) is 12.1 Å². The summed E-state index contributed by atoms with van der Waals surface area (Å²) in [6.07, 6.45) is 6.53. The fourth-order valence-corrected chi connectivity index (χ4v) is 3.93. The molecule has 0 aliphatic carbocycles. The predicted molar refractivity (Wildman–Crippen MR) is 129 cm³/mol. The minimum atomic E-state index is -1.16. The van der Waals surface area contributed by atoms with Gasteiger partial charge in [0.1, 0.15) is 18.2 Å². The lowest BCUT2D eigenvalue weighted by Crippen LogP contribution is -2.54. The van der Waals surface area contributed by atoms with Crippen LogP contribution in [0.3, 0.4) is 0 Å². The first kappa shape index (κ1) is 25.9. The van der Waals surface area contributed by atoms with Crippen molar-refractivity contribution in [3.8, 4) is 16.9 Å². The molecule has 0 radical (unpaired) electrons. The number of hydrazine groups is 1. The molecule has 34 heavy (non-hydrogen) atoms. The molecule has 1 saturated heterocycles. The molecule has 2 heterocycles. The van der Waals surface area contributed by atoms with E-state index in [1.54, 1.807) is 23.6 Å². The lowest BCUT2D eigenvalue weighted by Gasteiger charge is -2.40. The molecule has 1 aromatic heterocycles. The third-order valence-corrected chi connectivity index (χ3v) is 5.86. The standard InChI is InChI=1S/C24H36N6O4/c1-17-12-22(23(31)24(32)34-17)29(2)10-8-20(25)15-30(26)9-3-11-33-21-6-4-18(5-7-21)19-13-27-16-28-14-19/h4-7,13-17,22-24,31-32H,3,8-12,25-26H2,1-2H3/b20-15-/t17-,22+,23-,24-/m1/s1. The molecule has 1 fully saturated rings. The zero-order valence-corrected chi connectivity index (χ0v) is 19.8. The molecule has 10 nitrogen and oxygen atoms in total. The van der Waals surface area contributed by atoms with Crippen LogP contribution in [0.5, 0.6) is 5.75 Å². The predicted octanol–water partition coefficient (Wildman–Crippen LogP) is 1.07. The van der Waals surface area contributed by atoms with E-state index in [1.807, 2.05) is 43.1 Å². The number of likely N-dealkylation sites (N-methyl/N-ethyl adjacent to an activating group) is 1. The third-order valence-electron chi connectivity index (χ3n) is 5.86. The Bertz CT molecular complexity index is 898. The third kappa shape index (κ3) is 7.64. The summed E-state index contributed by atoms with van der Waals surface area (Å²) in [5, 5.41) is 21.6. The number of aromatic nitrogens is 2. The van der Waals surface area contributed by atoms with E-state index in [0.29, 0.717) is 38.2 Å². The summed E-state index contributed by atoms with van der Waals surface area (Å²) >= 11 is 0. The van der Waals surface area contributed by atoms with Gasteiger partial charge in [-0.05, 0) is 38.1 Å². The van der Waals surface area contributed by atoms with Gasteiger partial charge in [-0.15, -0.1) is 0 Å². The van der Waals surface area contributed by atoms with Gasteiger partial charge < -0.3 is 35.3 Å². The fraction of sp³-hybridized carbons (Fsp3) is 0.500. The normalized spacial score (nSPS) is 23.2. The molecule has 2 aromatic rings. The van der Waals surface area contributed by atoms with E-state index in [1.165, 1.54) is 6.33 Å². The number of aliphatic hydroxyl groups excluding tert-OH is 2. The zero-order valence-electron chi connectivity index (χ0n) is 19.8. The van der Waals surface area contributed by atoms with Crippen LogP contribution in [0.2, 0.25) is 0 Å². The summed E-state index contributed by atoms with van der Waals surface area (Å²) < 4.78 is 11.1. The molecule has 1 aromatic carbocycles. The highest BCUT2D eigenvalue weighted by atomic mass is 16.6. The summed E-state index contributed by atoms with van der Waals surface area (Å²) in [6, 6.07) is 7.61. The Hall–Kier alpha value is -2.76. The molecule has 3 rings (SSSR count). The zero-order chi connectivity index (χ0) is 24.5. The Morgan fingerprint density at radius 1 is 1.18 bits per heavy atom. The van der Waals surface area contributed by atoms with Crippen LogP contribution in [0.4, 0.5) is 0 Å². The molecule has 186 valence electrons. The maximum absolute atomic E-state index is 10.2. The van der Waals surface area contributed by atoms with Crippen LogP contribution in [-0.4, -0.2) is 81.4 Å². The second kappa shape index (κ2) is 12.6. The molecule has 0 saturated carbocycles. The van der Waals surface area contributed by atoms with Gasteiger partial charge in [-0.1, -0.05) is 12.1 Å². The molecular weight excluding hydrogens is 436 g/mol. The summed E-state index contributed by atoms with van der Waals surface area (Å²) in [5.74, 6) is 6.84. The van der Waals surface area contributed by atoms with E-state index in [4.69, 9.17) is 21.1 Å². The minimum absolute atomic E-state index is 0.114. The first-order valence-electron chi connectivity index (χ1n) is 11.5. The molecule has 0 amide bonds. The van der Waals surface area contributed by atoms with Gasteiger partial charge in [-0.2, -0.15) is 0 Å². The summed E-state index contributed by atoms with van der Waals surface area (Å²) in [4.78, 5) is 10.1. The van der Waals surface area contributed by atoms with Gasteiger partial charge in [0.2, 0.25) is 0 Å². The van der Waals surface area contributed by atoms with Gasteiger partial charge in [-0.3, -0.25) is 0 Å². The Morgan fingerprint density at radius 2 is 1.88 bits per heavy atom. The number of nitrogens with zero attached hydrogens (tertiary/aromatic N) is 4. The van der Waals surface area contributed by atoms with Crippen molar-refractivity contribution in [2.45, 2.75) is 50.7 Å². The van der Waals surface area contributed by atoms with E-state index in [9.17, 15) is 10.2 Å². The number of benzene rings is 1. The van der Waals surface area contributed by atoms with Crippen molar-refractivity contribution >= 4 is 0 Å². The van der Waals surface area contributed by atoms with E-state index >= 15 is 0 Å². The molecule has 1 aliphatic rings. The van der Waals surface area contributed by atoms with Crippen molar-refractivity contribution in [3.63, 3.8) is 0 Å². The van der Waals surface area contributed by atoms with Crippen LogP contribution in [-0.2, 0) is 4.74 Å². The molecule has 1 aliphatic heterocycles. The second-order valence-electron chi connectivity index (χ2n) is 8.66. The van der Waals surface area contributed by atoms with Crippen molar-refractivity contribution in [1.29, 1.82) is 0 Å². The number of hydrogen-bond acceptors (Lipinski definition) is 10. The Labute approximate surface area is 200 Å². The average Bonchev–Trinajstić information content (AvgIpc) is 2.83. The molecule has 4 atom stereocenters. The van der Waals surface area contributed by atoms with Gasteiger partial charge >= 0.3 is 0 Å². The minimum Gasteiger partial charge on any atom is -0.494 e. The number of rotatable bonds is 11. The van der Waals surface area contributed by atoms with Gasteiger partial charge in [-0.25, -0.2) is 15.8 Å². The van der Waals surface area contributed by atoms with Crippen LogP contribution < -0.4 is 16.3 Å². The van der Waals surface area contributed by atoms with E-state index < -0.39 is 12.4 Å². The van der Waals surface area contributed by atoms with Crippen LogP contribution in [0.1, 0.15) is 26.2 Å². The number of nitrogens with two attached hydrogens (primary N) is 2. The van der Waals surface area contributed by atoms with Gasteiger partial charge in [0.25, 0.3) is 0 Å². The fourth-order valence-electron chi connectivity index (χ4n) is 3.93. The van der Waals surface area contributed by atoms with Crippen LogP contribution >= 0.6 is 0 Å². The first-order valence-corrected chi connectivity index (χ1v) is 11.5. The van der Waals surface area contributed by atoms with E-state index in [0.717, 1.165) is 23.3 Å². The van der Waals surface area contributed by atoms with Crippen molar-refractivity contribution in [2.75, 3.05) is 26.7 Å². The molecule has 0 unspecified atom stereocenters. The van der Waals surface area contributed by atoms with Crippen LogP contribution in [0.15, 0.2) is 54.9 Å². The summed E-state index contributed by atoms with van der Waals surface area (Å²) in [7, 11) is 1.91. The largest absolute Gasteiger partial charge is 0.494 e. The first-order chi connectivity index (χ1) is 16.3.